The number of benzene rings is 1. The van der Waals surface area contributed by atoms with Gasteiger partial charge in [-0.2, -0.15) is 0 Å². The molecule has 15 heavy (non-hydrogen) atoms. The van der Waals surface area contributed by atoms with E-state index < -0.39 is 0 Å². The Labute approximate surface area is 89.8 Å². The van der Waals surface area contributed by atoms with Crippen LogP contribution in [0.1, 0.15) is 12.5 Å². The van der Waals surface area contributed by atoms with E-state index in [1.165, 1.54) is 0 Å². The van der Waals surface area contributed by atoms with Crippen LogP contribution in [0.15, 0.2) is 36.4 Å². The molecule has 0 heterocycles. The number of carbonyl (C=O) groups is 1. The van der Waals surface area contributed by atoms with E-state index in [1.54, 1.807) is 14.0 Å². The largest absolute Gasteiger partial charge is 0.496 e. The number of hydrogen-bond acceptors (Lipinski definition) is 2. The molecule has 0 atom stereocenters. The molecule has 0 fully saturated rings. The van der Waals surface area contributed by atoms with Crippen LogP contribution in [0.4, 0.5) is 0 Å². The van der Waals surface area contributed by atoms with E-state index in [0.717, 1.165) is 11.3 Å². The van der Waals surface area contributed by atoms with Crippen molar-refractivity contribution in [3.8, 4) is 5.75 Å². The summed E-state index contributed by atoms with van der Waals surface area (Å²) in [5.74, 6) is 0.639. The Morgan fingerprint density at radius 3 is 2.73 bits per heavy atom. The van der Waals surface area contributed by atoms with Gasteiger partial charge in [0.2, 0.25) is 5.91 Å². The Morgan fingerprint density at radius 2 is 2.13 bits per heavy atom. The lowest BCUT2D eigenvalue weighted by molar-refractivity contribution is -0.117. The maximum Gasteiger partial charge on any atom is 0.246 e. The predicted molar refractivity (Wildman–Crippen MR) is 59.7 cm³/mol. The SMILES string of the molecule is C=C(C)C(=O)NCc1ccccc1OC. The molecule has 3 nitrogen and oxygen atoms in total. The van der Waals surface area contributed by atoms with Gasteiger partial charge in [-0.15, -0.1) is 0 Å². The topological polar surface area (TPSA) is 38.3 Å². The summed E-state index contributed by atoms with van der Waals surface area (Å²) in [6, 6.07) is 7.58. The second kappa shape index (κ2) is 5.20. The van der Waals surface area contributed by atoms with Gasteiger partial charge in [-0.05, 0) is 13.0 Å². The van der Waals surface area contributed by atoms with Crippen molar-refractivity contribution in [3.05, 3.63) is 42.0 Å². The van der Waals surface area contributed by atoms with Gasteiger partial charge in [0.25, 0.3) is 0 Å². The molecule has 0 spiro atoms. The van der Waals surface area contributed by atoms with Crippen LogP contribution in [0.2, 0.25) is 0 Å². The first-order chi connectivity index (χ1) is 7.15. The molecule has 0 radical (unpaired) electrons. The zero-order valence-corrected chi connectivity index (χ0v) is 9.04. The number of methoxy groups -OCH3 is 1. The fourth-order valence-electron chi connectivity index (χ4n) is 1.18. The molecule has 80 valence electrons. The van der Waals surface area contributed by atoms with Crippen LogP contribution < -0.4 is 10.1 Å². The van der Waals surface area contributed by atoms with E-state index in [1.807, 2.05) is 24.3 Å². The average Bonchev–Trinajstić information content (AvgIpc) is 2.26. The molecule has 1 aromatic rings. The van der Waals surface area contributed by atoms with E-state index in [-0.39, 0.29) is 5.91 Å². The number of carbonyl (C=O) groups excluding carboxylic acids is 1. The van der Waals surface area contributed by atoms with Gasteiger partial charge >= 0.3 is 0 Å². The molecule has 1 rings (SSSR count). The highest BCUT2D eigenvalue weighted by Crippen LogP contribution is 2.16. The van der Waals surface area contributed by atoms with Crippen molar-refractivity contribution >= 4 is 5.91 Å². The molecule has 0 saturated carbocycles. The van der Waals surface area contributed by atoms with Gasteiger partial charge in [0.05, 0.1) is 7.11 Å². The molecule has 1 amide bonds. The summed E-state index contributed by atoms with van der Waals surface area (Å²) in [6.07, 6.45) is 0. The van der Waals surface area contributed by atoms with E-state index in [0.29, 0.717) is 12.1 Å². The molecule has 0 aliphatic rings. The molecule has 1 N–H and O–H groups in total. The zero-order chi connectivity index (χ0) is 11.3. The fourth-order valence-corrected chi connectivity index (χ4v) is 1.18. The highest BCUT2D eigenvalue weighted by atomic mass is 16.5. The number of rotatable bonds is 4. The predicted octanol–water partition coefficient (Wildman–Crippen LogP) is 1.89. The number of amides is 1. The van der Waals surface area contributed by atoms with Crippen LogP contribution in [0.25, 0.3) is 0 Å². The third-order valence-electron chi connectivity index (χ3n) is 2.02. The smallest absolute Gasteiger partial charge is 0.246 e. The molecule has 0 saturated heterocycles. The van der Waals surface area contributed by atoms with Crippen molar-refractivity contribution in [2.24, 2.45) is 0 Å². The summed E-state index contributed by atoms with van der Waals surface area (Å²) in [6.45, 7) is 5.70. The first-order valence-corrected chi connectivity index (χ1v) is 4.70. The van der Waals surface area contributed by atoms with Crippen molar-refractivity contribution in [2.75, 3.05) is 7.11 Å². The number of para-hydroxylation sites is 1. The third kappa shape index (κ3) is 3.13. The first kappa shape index (κ1) is 11.3. The minimum absolute atomic E-state index is 0.138. The first-order valence-electron chi connectivity index (χ1n) is 4.70. The fraction of sp³-hybridized carbons (Fsp3) is 0.250. The third-order valence-corrected chi connectivity index (χ3v) is 2.02. The Hall–Kier alpha value is -1.77. The number of ether oxygens (including phenoxy) is 1. The summed E-state index contributed by atoms with van der Waals surface area (Å²) in [5, 5.41) is 2.75. The molecule has 3 heteroatoms. The zero-order valence-electron chi connectivity index (χ0n) is 9.04. The lowest BCUT2D eigenvalue weighted by atomic mass is 10.2. The Kier molecular flexibility index (Phi) is 3.92. The molecule has 0 aliphatic heterocycles. The summed E-state index contributed by atoms with van der Waals surface area (Å²) >= 11 is 0. The van der Waals surface area contributed by atoms with E-state index in [4.69, 9.17) is 4.74 Å². The van der Waals surface area contributed by atoms with Crippen molar-refractivity contribution in [2.45, 2.75) is 13.5 Å². The second-order valence-electron chi connectivity index (χ2n) is 3.27. The summed E-state index contributed by atoms with van der Waals surface area (Å²) in [7, 11) is 1.61. The van der Waals surface area contributed by atoms with Crippen molar-refractivity contribution in [1.82, 2.24) is 5.32 Å². The van der Waals surface area contributed by atoms with Gasteiger partial charge in [-0.25, -0.2) is 0 Å². The molecule has 0 bridgehead atoms. The van der Waals surface area contributed by atoms with E-state index in [2.05, 4.69) is 11.9 Å². The normalized spacial score (nSPS) is 9.47. The Balaban J connectivity index is 2.65. The highest BCUT2D eigenvalue weighted by molar-refractivity contribution is 5.92. The standard InChI is InChI=1S/C12H15NO2/c1-9(2)12(14)13-8-10-6-4-5-7-11(10)15-3/h4-7H,1,8H2,2-3H3,(H,13,14). The monoisotopic (exact) mass is 205 g/mol. The van der Waals surface area contributed by atoms with Crippen LogP contribution in [0, 0.1) is 0 Å². The van der Waals surface area contributed by atoms with Crippen molar-refractivity contribution in [3.63, 3.8) is 0 Å². The molecule has 0 aromatic heterocycles. The molecular weight excluding hydrogens is 190 g/mol. The molecule has 1 aromatic carbocycles. The lowest BCUT2D eigenvalue weighted by Gasteiger charge is -2.09. The molecule has 0 unspecified atom stereocenters. The van der Waals surface area contributed by atoms with Crippen molar-refractivity contribution < 1.29 is 9.53 Å². The minimum atomic E-state index is -0.138. The minimum Gasteiger partial charge on any atom is -0.496 e. The molecule has 0 aliphatic carbocycles. The van der Waals surface area contributed by atoms with Crippen molar-refractivity contribution in [1.29, 1.82) is 0 Å². The van der Waals surface area contributed by atoms with Gasteiger partial charge in [-0.3, -0.25) is 4.79 Å². The van der Waals surface area contributed by atoms with E-state index in [9.17, 15) is 4.79 Å². The van der Waals surface area contributed by atoms with Gasteiger partial charge < -0.3 is 10.1 Å². The highest BCUT2D eigenvalue weighted by Gasteiger charge is 2.04. The summed E-state index contributed by atoms with van der Waals surface area (Å²) in [5.41, 5.74) is 1.46. The van der Waals surface area contributed by atoms with Gasteiger partial charge in [0.1, 0.15) is 5.75 Å². The van der Waals surface area contributed by atoms with Gasteiger partial charge in [0.15, 0.2) is 0 Å². The lowest BCUT2D eigenvalue weighted by Crippen LogP contribution is -2.23. The Morgan fingerprint density at radius 1 is 1.47 bits per heavy atom. The van der Waals surface area contributed by atoms with Gasteiger partial charge in [-0.1, -0.05) is 24.8 Å². The van der Waals surface area contributed by atoms with Crippen LogP contribution in [0.5, 0.6) is 5.75 Å². The number of hydrogen-bond donors (Lipinski definition) is 1. The quantitative estimate of drug-likeness (QED) is 0.762. The second-order valence-corrected chi connectivity index (χ2v) is 3.27. The van der Waals surface area contributed by atoms with Crippen LogP contribution in [0.3, 0.4) is 0 Å². The Bertz CT molecular complexity index is 372. The summed E-state index contributed by atoms with van der Waals surface area (Å²) < 4.78 is 5.16. The number of nitrogens with one attached hydrogen (secondary N) is 1. The van der Waals surface area contributed by atoms with Gasteiger partial charge in [0, 0.05) is 17.7 Å². The average molecular weight is 205 g/mol. The van der Waals surface area contributed by atoms with E-state index >= 15 is 0 Å². The maximum atomic E-state index is 11.3. The van der Waals surface area contributed by atoms with Crippen LogP contribution in [-0.2, 0) is 11.3 Å². The van der Waals surface area contributed by atoms with Crippen LogP contribution in [-0.4, -0.2) is 13.0 Å². The summed E-state index contributed by atoms with van der Waals surface area (Å²) in [4.78, 5) is 11.3. The maximum absolute atomic E-state index is 11.3. The molecular formula is C12H15NO2. The van der Waals surface area contributed by atoms with Crippen LogP contribution >= 0.6 is 0 Å².